The minimum Gasteiger partial charge on any atom is -0.360 e. The van der Waals surface area contributed by atoms with Gasteiger partial charge in [0.1, 0.15) is 0 Å². The number of nitrogens with zero attached hydrogens (tertiary/aromatic N) is 3. The molecule has 164 valence electrons. The van der Waals surface area contributed by atoms with Crippen LogP contribution in [0.25, 0.3) is 0 Å². The molecule has 31 heavy (non-hydrogen) atoms. The lowest BCUT2D eigenvalue weighted by molar-refractivity contribution is -0.144. The van der Waals surface area contributed by atoms with Gasteiger partial charge in [-0.25, -0.2) is 0 Å². The highest BCUT2D eigenvalue weighted by molar-refractivity contribution is 9.10. The van der Waals surface area contributed by atoms with Crippen molar-refractivity contribution in [2.24, 2.45) is 0 Å². The van der Waals surface area contributed by atoms with E-state index in [9.17, 15) is 26.3 Å². The Morgan fingerprint density at radius 2 is 1.45 bits per heavy atom. The molecule has 0 unspecified atom stereocenters. The predicted octanol–water partition coefficient (Wildman–Crippen LogP) is 7.14. The maximum absolute atomic E-state index is 13.5. The van der Waals surface area contributed by atoms with Gasteiger partial charge in [0.05, 0.1) is 40.6 Å². The van der Waals surface area contributed by atoms with Crippen LogP contribution in [0.3, 0.4) is 0 Å². The van der Waals surface area contributed by atoms with E-state index in [0.29, 0.717) is 23.5 Å². The lowest BCUT2D eigenvalue weighted by atomic mass is 10.1. The molecular weight excluding hydrogens is 512 g/mol. The summed E-state index contributed by atoms with van der Waals surface area (Å²) in [6, 6.07) is 9.36. The average molecular weight is 525 g/mol. The van der Waals surface area contributed by atoms with Crippen LogP contribution < -0.4 is 4.90 Å². The van der Waals surface area contributed by atoms with Gasteiger partial charge in [-0.05, 0) is 52.3 Å². The summed E-state index contributed by atoms with van der Waals surface area (Å²) in [5.74, 6) is 0. The quantitative estimate of drug-likeness (QED) is 0.332. The maximum Gasteiger partial charge on any atom is 0.417 e. The fourth-order valence-corrected chi connectivity index (χ4v) is 3.71. The van der Waals surface area contributed by atoms with Crippen LogP contribution in [0.15, 0.2) is 59.3 Å². The Labute approximate surface area is 186 Å². The van der Waals surface area contributed by atoms with Crippen LogP contribution in [0.2, 0.25) is 5.02 Å². The summed E-state index contributed by atoms with van der Waals surface area (Å²) in [7, 11) is 0. The van der Waals surface area contributed by atoms with E-state index in [0.717, 1.165) is 0 Å². The summed E-state index contributed by atoms with van der Waals surface area (Å²) >= 11 is 8.60. The lowest BCUT2D eigenvalue weighted by Gasteiger charge is -2.27. The molecule has 0 N–H and O–H groups in total. The van der Waals surface area contributed by atoms with Crippen LogP contribution in [0, 0.1) is 0 Å². The van der Waals surface area contributed by atoms with Gasteiger partial charge in [-0.2, -0.15) is 26.3 Å². The Hall–Kier alpha value is -2.33. The summed E-state index contributed by atoms with van der Waals surface area (Å²) < 4.78 is 80.0. The second-order valence-corrected chi connectivity index (χ2v) is 7.66. The molecule has 0 fully saturated rings. The average Bonchev–Trinajstić information content (AvgIpc) is 2.68. The number of hydrogen-bond acceptors (Lipinski definition) is 3. The molecule has 0 radical (unpaired) electrons. The van der Waals surface area contributed by atoms with E-state index in [1.54, 1.807) is 24.3 Å². The standard InChI is InChI=1S/C20H13BrClF6N3/c21-18-14(19(23,24)25)8-13(9-15(18)20(26,27)28)31(10-12-4-1-2-6-29-12)11-17-16(22)5-3-7-30-17/h1-9H,10-11H2. The highest BCUT2D eigenvalue weighted by Crippen LogP contribution is 2.45. The normalized spacial score (nSPS) is 12.1. The molecule has 0 amide bonds. The Balaban J connectivity index is 2.16. The molecule has 0 saturated carbocycles. The first kappa shape index (κ1) is 23.3. The van der Waals surface area contributed by atoms with Gasteiger partial charge < -0.3 is 4.90 Å². The topological polar surface area (TPSA) is 29.0 Å². The molecule has 2 heterocycles. The van der Waals surface area contributed by atoms with Crippen molar-refractivity contribution >= 4 is 33.2 Å². The van der Waals surface area contributed by atoms with E-state index in [1.165, 1.54) is 23.4 Å². The van der Waals surface area contributed by atoms with Crippen LogP contribution in [0.5, 0.6) is 0 Å². The lowest BCUT2D eigenvalue weighted by Crippen LogP contribution is -2.25. The number of aromatic nitrogens is 2. The fraction of sp³-hybridized carbons (Fsp3) is 0.200. The monoisotopic (exact) mass is 523 g/mol. The Kier molecular flexibility index (Phi) is 6.80. The summed E-state index contributed by atoms with van der Waals surface area (Å²) in [5, 5.41) is 0.234. The third kappa shape index (κ3) is 5.68. The van der Waals surface area contributed by atoms with E-state index in [2.05, 4.69) is 25.9 Å². The molecular formula is C20H13BrClF6N3. The van der Waals surface area contributed by atoms with E-state index in [1.807, 2.05) is 0 Å². The zero-order valence-corrected chi connectivity index (χ0v) is 17.8. The molecule has 0 aliphatic rings. The van der Waals surface area contributed by atoms with Crippen molar-refractivity contribution in [1.29, 1.82) is 0 Å². The predicted molar refractivity (Wildman–Crippen MR) is 108 cm³/mol. The highest BCUT2D eigenvalue weighted by atomic mass is 79.9. The zero-order valence-electron chi connectivity index (χ0n) is 15.5. The minimum absolute atomic E-state index is 0.0655. The number of anilines is 1. The van der Waals surface area contributed by atoms with E-state index < -0.39 is 28.0 Å². The first-order chi connectivity index (χ1) is 14.5. The number of halogens is 8. The summed E-state index contributed by atoms with van der Waals surface area (Å²) in [4.78, 5) is 9.53. The first-order valence-electron chi connectivity index (χ1n) is 8.69. The Bertz CT molecular complexity index is 1020. The molecule has 0 aliphatic carbocycles. The molecule has 11 heteroatoms. The first-order valence-corrected chi connectivity index (χ1v) is 9.86. The maximum atomic E-state index is 13.5. The van der Waals surface area contributed by atoms with E-state index in [4.69, 9.17) is 11.6 Å². The molecule has 1 aromatic carbocycles. The van der Waals surface area contributed by atoms with Crippen LogP contribution in [0.1, 0.15) is 22.5 Å². The Morgan fingerprint density at radius 1 is 0.839 bits per heavy atom. The smallest absolute Gasteiger partial charge is 0.360 e. The second kappa shape index (κ2) is 9.04. The van der Waals surface area contributed by atoms with Crippen molar-refractivity contribution in [1.82, 2.24) is 9.97 Å². The zero-order chi connectivity index (χ0) is 22.8. The number of rotatable bonds is 5. The van der Waals surface area contributed by atoms with Crippen LogP contribution >= 0.6 is 27.5 Å². The molecule has 0 spiro atoms. The molecule has 0 saturated heterocycles. The molecule has 0 atom stereocenters. The fourth-order valence-electron chi connectivity index (χ4n) is 2.85. The van der Waals surface area contributed by atoms with Crippen molar-refractivity contribution in [3.8, 4) is 0 Å². The number of pyridine rings is 2. The van der Waals surface area contributed by atoms with Crippen molar-refractivity contribution in [2.45, 2.75) is 25.4 Å². The van der Waals surface area contributed by atoms with Gasteiger partial charge in [0.25, 0.3) is 0 Å². The molecule has 0 aliphatic heterocycles. The minimum atomic E-state index is -5.01. The summed E-state index contributed by atoms with van der Waals surface area (Å²) in [6.45, 7) is -0.198. The second-order valence-electron chi connectivity index (χ2n) is 6.46. The van der Waals surface area contributed by atoms with Gasteiger partial charge >= 0.3 is 12.4 Å². The van der Waals surface area contributed by atoms with Crippen molar-refractivity contribution in [3.05, 3.63) is 86.9 Å². The highest BCUT2D eigenvalue weighted by Gasteiger charge is 2.41. The molecule has 0 bridgehead atoms. The Morgan fingerprint density at radius 3 is 1.97 bits per heavy atom. The van der Waals surface area contributed by atoms with E-state index in [-0.39, 0.29) is 23.8 Å². The van der Waals surface area contributed by atoms with Crippen molar-refractivity contribution in [2.75, 3.05) is 4.90 Å². The van der Waals surface area contributed by atoms with E-state index >= 15 is 0 Å². The van der Waals surface area contributed by atoms with Gasteiger partial charge in [-0.15, -0.1) is 0 Å². The van der Waals surface area contributed by atoms with Gasteiger partial charge in [0.15, 0.2) is 0 Å². The number of hydrogen-bond donors (Lipinski definition) is 0. The van der Waals surface area contributed by atoms with Gasteiger partial charge in [-0.3, -0.25) is 9.97 Å². The molecule has 3 nitrogen and oxygen atoms in total. The molecule has 3 aromatic rings. The number of benzene rings is 1. The largest absolute Gasteiger partial charge is 0.417 e. The van der Waals surface area contributed by atoms with Crippen LogP contribution in [-0.2, 0) is 25.4 Å². The third-order valence-corrected chi connectivity index (χ3v) is 5.49. The van der Waals surface area contributed by atoms with Crippen LogP contribution in [0.4, 0.5) is 32.0 Å². The molecule has 2 aromatic heterocycles. The molecule has 3 rings (SSSR count). The summed E-state index contributed by atoms with van der Waals surface area (Å²) in [6.07, 6.45) is -7.10. The number of alkyl halides is 6. The van der Waals surface area contributed by atoms with Crippen LogP contribution in [-0.4, -0.2) is 9.97 Å². The summed E-state index contributed by atoms with van der Waals surface area (Å²) in [5.41, 5.74) is -2.43. The van der Waals surface area contributed by atoms with Crippen molar-refractivity contribution in [3.63, 3.8) is 0 Å². The van der Waals surface area contributed by atoms with Gasteiger partial charge in [-0.1, -0.05) is 17.7 Å². The third-order valence-electron chi connectivity index (χ3n) is 4.29. The van der Waals surface area contributed by atoms with Gasteiger partial charge in [0, 0.05) is 22.6 Å². The SMILES string of the molecule is FC(F)(F)c1cc(N(Cc2ccccn2)Cc2ncccc2Cl)cc(C(F)(F)F)c1Br. The van der Waals surface area contributed by atoms with Gasteiger partial charge in [0.2, 0.25) is 0 Å². The van der Waals surface area contributed by atoms with Crippen molar-refractivity contribution < 1.29 is 26.3 Å².